The molecule has 5 nitrogen and oxygen atoms in total. The molecule has 0 aliphatic carbocycles. The van der Waals surface area contributed by atoms with E-state index in [2.05, 4.69) is 10.6 Å². The van der Waals surface area contributed by atoms with Crippen LogP contribution in [0.3, 0.4) is 0 Å². The molecule has 0 aliphatic rings. The van der Waals surface area contributed by atoms with Gasteiger partial charge in [-0.2, -0.15) is 5.26 Å². The fourth-order valence-corrected chi connectivity index (χ4v) is 3.17. The molecule has 0 bridgehead atoms. The standard InChI is InChI=1S/C21H16ClN3O2/c1-14-10-17(15(2)24(14)20-8-6-19(22)7-9-20)11-18(13-23)16-4-3-5-21(12-16)25(26)27/h3-12H,1-2H3. The lowest BCUT2D eigenvalue weighted by atomic mass is 10.0. The average molecular weight is 378 g/mol. The van der Waals surface area contributed by atoms with E-state index in [0.29, 0.717) is 16.2 Å². The number of non-ortho nitro benzene ring substituents is 1. The first kappa shape index (κ1) is 18.4. The summed E-state index contributed by atoms with van der Waals surface area (Å²) in [6.45, 7) is 3.95. The largest absolute Gasteiger partial charge is 0.318 e. The molecule has 0 spiro atoms. The van der Waals surface area contributed by atoms with Gasteiger partial charge < -0.3 is 4.57 Å². The number of nitriles is 1. The second-order valence-corrected chi connectivity index (χ2v) is 6.55. The van der Waals surface area contributed by atoms with Crippen LogP contribution in [0.15, 0.2) is 54.6 Å². The van der Waals surface area contributed by atoms with Crippen molar-refractivity contribution in [2.24, 2.45) is 0 Å². The summed E-state index contributed by atoms with van der Waals surface area (Å²) >= 11 is 5.97. The predicted molar refractivity (Wildman–Crippen MR) is 107 cm³/mol. The number of nitro benzene ring substituents is 1. The molecule has 0 radical (unpaired) electrons. The highest BCUT2D eigenvalue weighted by atomic mass is 35.5. The third kappa shape index (κ3) is 3.76. The van der Waals surface area contributed by atoms with E-state index in [0.717, 1.165) is 22.6 Å². The Morgan fingerprint density at radius 2 is 1.89 bits per heavy atom. The van der Waals surface area contributed by atoms with Gasteiger partial charge in [-0.25, -0.2) is 0 Å². The van der Waals surface area contributed by atoms with E-state index in [4.69, 9.17) is 11.6 Å². The van der Waals surface area contributed by atoms with Gasteiger partial charge in [0.25, 0.3) is 5.69 Å². The molecule has 2 aromatic carbocycles. The van der Waals surface area contributed by atoms with Crippen LogP contribution in [-0.2, 0) is 0 Å². The summed E-state index contributed by atoms with van der Waals surface area (Å²) in [7, 11) is 0. The summed E-state index contributed by atoms with van der Waals surface area (Å²) in [5, 5.41) is 21.2. The molecule has 3 rings (SSSR count). The Morgan fingerprint density at radius 1 is 1.19 bits per heavy atom. The molecule has 0 N–H and O–H groups in total. The van der Waals surface area contributed by atoms with Crippen LogP contribution < -0.4 is 0 Å². The number of halogens is 1. The highest BCUT2D eigenvalue weighted by molar-refractivity contribution is 6.30. The summed E-state index contributed by atoms with van der Waals surface area (Å²) in [5.41, 5.74) is 4.68. The monoisotopic (exact) mass is 377 g/mol. The lowest BCUT2D eigenvalue weighted by Gasteiger charge is -2.09. The Balaban J connectivity index is 2.07. The maximum absolute atomic E-state index is 11.0. The molecular weight excluding hydrogens is 362 g/mol. The number of rotatable bonds is 4. The van der Waals surface area contributed by atoms with Crippen LogP contribution in [0.2, 0.25) is 5.02 Å². The van der Waals surface area contributed by atoms with Crippen molar-refractivity contribution in [2.75, 3.05) is 0 Å². The zero-order valence-corrected chi connectivity index (χ0v) is 15.6. The van der Waals surface area contributed by atoms with Crippen molar-refractivity contribution in [1.29, 1.82) is 5.26 Å². The molecule has 0 atom stereocenters. The molecule has 0 amide bonds. The Kier molecular flexibility index (Phi) is 5.11. The fourth-order valence-electron chi connectivity index (χ4n) is 3.04. The summed E-state index contributed by atoms with van der Waals surface area (Å²) in [6.07, 6.45) is 1.76. The molecular formula is C21H16ClN3O2. The van der Waals surface area contributed by atoms with Crippen molar-refractivity contribution < 1.29 is 4.92 Å². The van der Waals surface area contributed by atoms with Crippen LogP contribution in [0, 0.1) is 35.3 Å². The van der Waals surface area contributed by atoms with E-state index in [-0.39, 0.29) is 5.69 Å². The van der Waals surface area contributed by atoms with E-state index in [1.807, 2.05) is 44.2 Å². The normalized spacial score (nSPS) is 11.3. The molecule has 0 saturated carbocycles. The van der Waals surface area contributed by atoms with Crippen LogP contribution in [-0.4, -0.2) is 9.49 Å². The van der Waals surface area contributed by atoms with E-state index in [9.17, 15) is 15.4 Å². The number of nitrogens with zero attached hydrogens (tertiary/aromatic N) is 3. The van der Waals surface area contributed by atoms with Gasteiger partial charge in [-0.15, -0.1) is 0 Å². The molecule has 3 aromatic rings. The van der Waals surface area contributed by atoms with Crippen LogP contribution in [0.1, 0.15) is 22.5 Å². The summed E-state index contributed by atoms with van der Waals surface area (Å²) < 4.78 is 2.07. The smallest absolute Gasteiger partial charge is 0.270 e. The topological polar surface area (TPSA) is 71.9 Å². The minimum absolute atomic E-state index is 0.0414. The minimum Gasteiger partial charge on any atom is -0.318 e. The van der Waals surface area contributed by atoms with Gasteiger partial charge in [0.2, 0.25) is 0 Å². The SMILES string of the molecule is Cc1cc(C=C(C#N)c2cccc([N+](=O)[O-])c2)c(C)n1-c1ccc(Cl)cc1. The molecule has 0 aliphatic heterocycles. The van der Waals surface area contributed by atoms with Crippen molar-refractivity contribution in [1.82, 2.24) is 4.57 Å². The number of allylic oxidation sites excluding steroid dienone is 1. The minimum atomic E-state index is -0.467. The number of benzene rings is 2. The second-order valence-electron chi connectivity index (χ2n) is 6.12. The highest BCUT2D eigenvalue weighted by Crippen LogP contribution is 2.27. The predicted octanol–water partition coefficient (Wildman–Crippen LogP) is 5.72. The maximum Gasteiger partial charge on any atom is 0.270 e. The van der Waals surface area contributed by atoms with E-state index in [1.54, 1.807) is 18.2 Å². The highest BCUT2D eigenvalue weighted by Gasteiger charge is 2.13. The lowest BCUT2D eigenvalue weighted by Crippen LogP contribution is -1.98. The summed E-state index contributed by atoms with van der Waals surface area (Å²) in [6, 6.07) is 17.7. The third-order valence-corrected chi connectivity index (χ3v) is 4.60. The van der Waals surface area contributed by atoms with Gasteiger partial charge in [0.15, 0.2) is 0 Å². The van der Waals surface area contributed by atoms with Gasteiger partial charge in [0.05, 0.1) is 16.6 Å². The quantitative estimate of drug-likeness (QED) is 0.331. The molecule has 0 unspecified atom stereocenters. The van der Waals surface area contributed by atoms with Crippen LogP contribution in [0.4, 0.5) is 5.69 Å². The number of hydrogen-bond acceptors (Lipinski definition) is 3. The second kappa shape index (κ2) is 7.48. The molecule has 1 aromatic heterocycles. The Bertz CT molecular complexity index is 1090. The van der Waals surface area contributed by atoms with Crippen molar-refractivity contribution in [2.45, 2.75) is 13.8 Å². The first-order valence-corrected chi connectivity index (χ1v) is 8.60. The maximum atomic E-state index is 11.0. The molecule has 6 heteroatoms. The Hall–Kier alpha value is -3.36. The van der Waals surface area contributed by atoms with Gasteiger partial charge in [-0.3, -0.25) is 10.1 Å². The molecule has 0 saturated heterocycles. The summed E-state index contributed by atoms with van der Waals surface area (Å²) in [5.74, 6) is 0. The third-order valence-electron chi connectivity index (χ3n) is 4.34. The van der Waals surface area contributed by atoms with E-state index >= 15 is 0 Å². The lowest BCUT2D eigenvalue weighted by molar-refractivity contribution is -0.384. The zero-order chi connectivity index (χ0) is 19.6. The van der Waals surface area contributed by atoms with Gasteiger partial charge >= 0.3 is 0 Å². The number of aryl methyl sites for hydroxylation is 1. The van der Waals surface area contributed by atoms with Crippen LogP contribution >= 0.6 is 11.6 Å². The van der Waals surface area contributed by atoms with Gasteiger partial charge in [-0.1, -0.05) is 23.7 Å². The first-order valence-electron chi connectivity index (χ1n) is 8.22. The number of nitro groups is 1. The summed E-state index contributed by atoms with van der Waals surface area (Å²) in [4.78, 5) is 10.5. The molecule has 0 fully saturated rings. The molecule has 1 heterocycles. The van der Waals surface area contributed by atoms with Crippen LogP contribution in [0.5, 0.6) is 0 Å². The van der Waals surface area contributed by atoms with Gasteiger partial charge in [0, 0.05) is 34.2 Å². The Labute approximate surface area is 161 Å². The number of aromatic nitrogens is 1. The number of hydrogen-bond donors (Lipinski definition) is 0. The van der Waals surface area contributed by atoms with Crippen LogP contribution in [0.25, 0.3) is 17.3 Å². The molecule has 134 valence electrons. The zero-order valence-electron chi connectivity index (χ0n) is 14.8. The van der Waals surface area contributed by atoms with Crippen molar-refractivity contribution in [3.05, 3.63) is 92.2 Å². The van der Waals surface area contributed by atoms with Gasteiger partial charge in [0.1, 0.15) is 0 Å². The van der Waals surface area contributed by atoms with Gasteiger partial charge in [-0.05, 0) is 61.4 Å². The van der Waals surface area contributed by atoms with Crippen molar-refractivity contribution in [3.63, 3.8) is 0 Å². The Morgan fingerprint density at radius 3 is 2.52 bits per heavy atom. The van der Waals surface area contributed by atoms with Crippen molar-refractivity contribution in [3.8, 4) is 11.8 Å². The van der Waals surface area contributed by atoms with E-state index < -0.39 is 4.92 Å². The average Bonchev–Trinajstić information content (AvgIpc) is 2.94. The van der Waals surface area contributed by atoms with Crippen molar-refractivity contribution >= 4 is 28.9 Å². The fraction of sp³-hybridized carbons (Fsp3) is 0.0952. The molecule has 27 heavy (non-hydrogen) atoms. The first-order chi connectivity index (χ1) is 12.9. The van der Waals surface area contributed by atoms with E-state index in [1.165, 1.54) is 12.1 Å².